The quantitative estimate of drug-likeness (QED) is 0.741. The first-order valence-corrected chi connectivity index (χ1v) is 8.96. The van der Waals surface area contributed by atoms with Crippen LogP contribution in [0.1, 0.15) is 36.3 Å². The second-order valence-corrected chi connectivity index (χ2v) is 7.39. The van der Waals surface area contributed by atoms with Crippen molar-refractivity contribution in [3.05, 3.63) is 72.2 Å². The highest BCUT2D eigenvalue weighted by molar-refractivity contribution is 5.51. The second-order valence-electron chi connectivity index (χ2n) is 7.39. The Morgan fingerprint density at radius 2 is 1.81 bits per heavy atom. The van der Waals surface area contributed by atoms with Crippen molar-refractivity contribution >= 4 is 5.69 Å². The molecule has 0 radical (unpaired) electrons. The summed E-state index contributed by atoms with van der Waals surface area (Å²) >= 11 is 0. The van der Waals surface area contributed by atoms with E-state index in [1.54, 1.807) is 18.5 Å². The summed E-state index contributed by atoms with van der Waals surface area (Å²) in [6.07, 6.45) is 2.82. The molecular formula is C21H21F3N2. The Morgan fingerprint density at radius 3 is 2.54 bits per heavy atom. The molecule has 2 aromatic rings. The average molecular weight is 358 g/mol. The molecule has 2 fully saturated rings. The minimum Gasteiger partial charge on any atom is -0.359 e. The highest BCUT2D eigenvalue weighted by atomic mass is 19.4. The number of fused-ring (bicyclic) bond motifs is 2. The molecular weight excluding hydrogens is 337 g/mol. The molecule has 136 valence electrons. The Kier molecular flexibility index (Phi) is 4.25. The molecule has 4 rings (SSSR count). The summed E-state index contributed by atoms with van der Waals surface area (Å²) in [4.78, 5) is 4.10. The molecule has 2 bridgehead atoms. The summed E-state index contributed by atoms with van der Waals surface area (Å²) in [5, 5.41) is 3.17. The zero-order valence-electron chi connectivity index (χ0n) is 14.3. The number of pyridine rings is 1. The normalized spacial score (nSPS) is 27.5. The van der Waals surface area contributed by atoms with E-state index in [0.717, 1.165) is 17.8 Å². The lowest BCUT2D eigenvalue weighted by Gasteiger charge is -2.33. The number of rotatable bonds is 4. The Bertz CT molecular complexity index is 800. The van der Waals surface area contributed by atoms with Crippen molar-refractivity contribution in [1.29, 1.82) is 0 Å². The lowest BCUT2D eigenvalue weighted by atomic mass is 9.74. The van der Waals surface area contributed by atoms with Crippen LogP contribution in [0.2, 0.25) is 0 Å². The van der Waals surface area contributed by atoms with Gasteiger partial charge in [0.2, 0.25) is 0 Å². The Hall–Kier alpha value is -2.30. The summed E-state index contributed by atoms with van der Waals surface area (Å²) in [5.74, 6) is 1.77. The van der Waals surface area contributed by atoms with Gasteiger partial charge in [-0.15, -0.1) is 0 Å². The third-order valence-electron chi connectivity index (χ3n) is 5.90. The number of hydrogen-bond acceptors (Lipinski definition) is 2. The molecule has 2 saturated carbocycles. The minimum atomic E-state index is -4.34. The predicted molar refractivity (Wildman–Crippen MR) is 95.5 cm³/mol. The van der Waals surface area contributed by atoms with Gasteiger partial charge in [-0.3, -0.25) is 4.98 Å². The van der Waals surface area contributed by atoms with Crippen molar-refractivity contribution in [3.8, 4) is 0 Å². The molecule has 2 aliphatic carbocycles. The molecule has 1 aromatic heterocycles. The predicted octanol–water partition coefficient (Wildman–Crippen LogP) is 5.86. The number of allylic oxidation sites excluding steroid dienone is 1. The monoisotopic (exact) mass is 358 g/mol. The van der Waals surface area contributed by atoms with Crippen molar-refractivity contribution < 1.29 is 13.2 Å². The molecule has 0 aliphatic heterocycles. The van der Waals surface area contributed by atoms with E-state index in [2.05, 4.69) is 29.0 Å². The molecule has 26 heavy (non-hydrogen) atoms. The number of anilines is 1. The third kappa shape index (κ3) is 3.11. The fraction of sp³-hybridized carbons (Fsp3) is 0.381. The zero-order chi connectivity index (χ0) is 18.3. The lowest BCUT2D eigenvalue weighted by Crippen LogP contribution is -2.25. The summed E-state index contributed by atoms with van der Waals surface area (Å²) in [6.45, 7) is 4.21. The maximum atomic E-state index is 13.0. The van der Waals surface area contributed by atoms with Crippen LogP contribution >= 0.6 is 0 Å². The first-order chi connectivity index (χ1) is 12.4. The molecule has 1 N–H and O–H groups in total. The van der Waals surface area contributed by atoms with Crippen molar-refractivity contribution in [2.24, 2.45) is 17.8 Å². The van der Waals surface area contributed by atoms with Crippen LogP contribution in [0, 0.1) is 17.8 Å². The number of benzene rings is 1. The van der Waals surface area contributed by atoms with Crippen molar-refractivity contribution in [2.75, 3.05) is 5.32 Å². The highest BCUT2D eigenvalue weighted by Gasteiger charge is 2.49. The van der Waals surface area contributed by atoms with Gasteiger partial charge in [0.05, 0.1) is 5.56 Å². The first kappa shape index (κ1) is 17.1. The average Bonchev–Trinajstić information content (AvgIpc) is 3.23. The summed E-state index contributed by atoms with van der Waals surface area (Å²) in [5.41, 5.74) is 1.87. The fourth-order valence-corrected chi connectivity index (χ4v) is 4.90. The Labute approximate surface area is 151 Å². The molecule has 2 nitrogen and oxygen atoms in total. The summed E-state index contributed by atoms with van der Waals surface area (Å²) in [6, 6.07) is 9.44. The molecule has 0 amide bonds. The largest absolute Gasteiger partial charge is 0.416 e. The molecule has 4 atom stereocenters. The number of nitrogens with one attached hydrogen (secondary N) is 1. The van der Waals surface area contributed by atoms with E-state index >= 15 is 0 Å². The van der Waals surface area contributed by atoms with Crippen LogP contribution in [-0.4, -0.2) is 4.98 Å². The lowest BCUT2D eigenvalue weighted by molar-refractivity contribution is -0.137. The molecule has 1 heterocycles. The van der Waals surface area contributed by atoms with Crippen LogP contribution in [0.4, 0.5) is 18.9 Å². The standard InChI is InChI=1S/C21H21F3N2/c1-13(26-18-4-2-3-17(12-18)21(22,23)24)19-15-5-6-16(11-15)20(19)14-7-9-25-10-8-14/h2-4,7-10,12,15-16,19-20,26H,1,5-6,11H2. The molecule has 0 saturated heterocycles. The summed E-state index contributed by atoms with van der Waals surface area (Å²) < 4.78 is 38.9. The molecule has 4 unspecified atom stereocenters. The van der Waals surface area contributed by atoms with Crippen molar-refractivity contribution in [3.63, 3.8) is 0 Å². The number of alkyl halides is 3. The minimum absolute atomic E-state index is 0.241. The topological polar surface area (TPSA) is 24.9 Å². The SMILES string of the molecule is C=C(Nc1cccc(C(F)(F)F)c1)C1C2CCC(C2)C1c1ccncc1. The van der Waals surface area contributed by atoms with Gasteiger partial charge in [0.1, 0.15) is 0 Å². The Balaban J connectivity index is 1.57. The van der Waals surface area contributed by atoms with Crippen LogP contribution < -0.4 is 5.32 Å². The van der Waals surface area contributed by atoms with Crippen LogP contribution in [0.25, 0.3) is 0 Å². The van der Waals surface area contributed by atoms with E-state index in [1.165, 1.54) is 30.9 Å². The van der Waals surface area contributed by atoms with Gasteiger partial charge in [0.25, 0.3) is 0 Å². The zero-order valence-corrected chi connectivity index (χ0v) is 14.3. The number of hydrogen-bond donors (Lipinski definition) is 1. The van der Waals surface area contributed by atoms with Gasteiger partial charge >= 0.3 is 6.18 Å². The Morgan fingerprint density at radius 1 is 1.08 bits per heavy atom. The van der Waals surface area contributed by atoms with Crippen LogP contribution in [0.15, 0.2) is 61.1 Å². The van der Waals surface area contributed by atoms with Gasteiger partial charge in [-0.05, 0) is 72.9 Å². The van der Waals surface area contributed by atoms with Gasteiger partial charge in [-0.25, -0.2) is 0 Å². The van der Waals surface area contributed by atoms with Crippen LogP contribution in [0.3, 0.4) is 0 Å². The van der Waals surface area contributed by atoms with Gasteiger partial charge in [-0.1, -0.05) is 12.6 Å². The molecule has 0 spiro atoms. The molecule has 2 aliphatic rings. The van der Waals surface area contributed by atoms with Crippen molar-refractivity contribution in [1.82, 2.24) is 4.98 Å². The van der Waals surface area contributed by atoms with E-state index in [-0.39, 0.29) is 5.92 Å². The van der Waals surface area contributed by atoms with Crippen LogP contribution in [0.5, 0.6) is 0 Å². The molecule has 5 heteroatoms. The van der Waals surface area contributed by atoms with E-state index in [4.69, 9.17) is 0 Å². The van der Waals surface area contributed by atoms with E-state index in [0.29, 0.717) is 23.4 Å². The number of aromatic nitrogens is 1. The highest BCUT2D eigenvalue weighted by Crippen LogP contribution is 2.58. The van der Waals surface area contributed by atoms with Gasteiger partial charge in [-0.2, -0.15) is 13.2 Å². The maximum absolute atomic E-state index is 13.0. The third-order valence-corrected chi connectivity index (χ3v) is 5.90. The second kappa shape index (κ2) is 6.45. The number of nitrogens with zero attached hydrogens (tertiary/aromatic N) is 1. The molecule has 1 aromatic carbocycles. The maximum Gasteiger partial charge on any atom is 0.416 e. The van der Waals surface area contributed by atoms with Gasteiger partial charge in [0, 0.05) is 29.7 Å². The smallest absolute Gasteiger partial charge is 0.359 e. The number of halogens is 3. The van der Waals surface area contributed by atoms with Crippen molar-refractivity contribution in [2.45, 2.75) is 31.4 Å². The summed E-state index contributed by atoms with van der Waals surface area (Å²) in [7, 11) is 0. The van der Waals surface area contributed by atoms with Gasteiger partial charge in [0.15, 0.2) is 0 Å². The van der Waals surface area contributed by atoms with Gasteiger partial charge < -0.3 is 5.32 Å². The van der Waals surface area contributed by atoms with E-state index in [1.807, 2.05) is 0 Å². The van der Waals surface area contributed by atoms with E-state index in [9.17, 15) is 13.2 Å². The fourth-order valence-electron chi connectivity index (χ4n) is 4.90. The van der Waals surface area contributed by atoms with E-state index < -0.39 is 11.7 Å². The van der Waals surface area contributed by atoms with Crippen LogP contribution in [-0.2, 0) is 6.18 Å². The first-order valence-electron chi connectivity index (χ1n) is 8.96.